The molecule has 2 aromatic heterocycles. The van der Waals surface area contributed by atoms with Crippen molar-refractivity contribution in [3.05, 3.63) is 39.2 Å². The van der Waals surface area contributed by atoms with Crippen molar-refractivity contribution in [3.8, 4) is 0 Å². The second-order valence-electron chi connectivity index (χ2n) is 7.66. The van der Waals surface area contributed by atoms with Gasteiger partial charge in [-0.3, -0.25) is 4.79 Å². The minimum absolute atomic E-state index is 0.0115. The molecule has 2 fully saturated rings. The number of piperazine rings is 1. The van der Waals surface area contributed by atoms with Crippen LogP contribution in [0, 0.1) is 6.92 Å². The highest BCUT2D eigenvalue weighted by atomic mass is 35.5. The first kappa shape index (κ1) is 18.2. The van der Waals surface area contributed by atoms with Gasteiger partial charge >= 0.3 is 0 Å². The van der Waals surface area contributed by atoms with Crippen LogP contribution in [-0.4, -0.2) is 45.9 Å². The SMILES string of the molecule is Cc1cc(N2CCN(c3cnn(C(C)C)c(=O)c3Cl)CC2)nc(C2CC2)n1. The summed E-state index contributed by atoms with van der Waals surface area (Å²) < 4.78 is 1.42. The van der Waals surface area contributed by atoms with Crippen LogP contribution in [0.3, 0.4) is 0 Å². The topological polar surface area (TPSA) is 67.2 Å². The molecule has 0 amide bonds. The van der Waals surface area contributed by atoms with Crippen LogP contribution in [0.5, 0.6) is 0 Å². The molecular formula is C19H25ClN6O. The van der Waals surface area contributed by atoms with Crippen LogP contribution < -0.4 is 15.4 Å². The van der Waals surface area contributed by atoms with Gasteiger partial charge in [-0.2, -0.15) is 5.10 Å². The number of hydrogen-bond acceptors (Lipinski definition) is 6. The van der Waals surface area contributed by atoms with Gasteiger partial charge in [-0.25, -0.2) is 14.6 Å². The van der Waals surface area contributed by atoms with E-state index in [9.17, 15) is 4.79 Å². The third kappa shape index (κ3) is 3.65. The van der Waals surface area contributed by atoms with Crippen molar-refractivity contribution in [2.75, 3.05) is 36.0 Å². The summed E-state index contributed by atoms with van der Waals surface area (Å²) in [5.74, 6) is 2.53. The fourth-order valence-corrected chi connectivity index (χ4v) is 3.72. The molecule has 1 aliphatic heterocycles. The van der Waals surface area contributed by atoms with E-state index in [2.05, 4.69) is 25.9 Å². The van der Waals surface area contributed by atoms with Crippen LogP contribution in [0.15, 0.2) is 17.1 Å². The van der Waals surface area contributed by atoms with Crippen LogP contribution in [0.1, 0.15) is 50.2 Å². The highest BCUT2D eigenvalue weighted by molar-refractivity contribution is 6.33. The van der Waals surface area contributed by atoms with Gasteiger partial charge in [0.15, 0.2) is 0 Å². The first-order valence-corrected chi connectivity index (χ1v) is 9.94. The van der Waals surface area contributed by atoms with E-state index in [1.807, 2.05) is 20.8 Å². The molecule has 2 aliphatic rings. The lowest BCUT2D eigenvalue weighted by Gasteiger charge is -2.37. The number of halogens is 1. The van der Waals surface area contributed by atoms with Crippen molar-refractivity contribution in [1.29, 1.82) is 0 Å². The van der Waals surface area contributed by atoms with E-state index in [0.29, 0.717) is 5.92 Å². The Morgan fingerprint density at radius 3 is 2.41 bits per heavy atom. The van der Waals surface area contributed by atoms with E-state index in [1.54, 1.807) is 6.20 Å². The Kier molecular flexibility index (Phi) is 4.80. The van der Waals surface area contributed by atoms with Crippen molar-refractivity contribution in [2.45, 2.75) is 45.6 Å². The zero-order chi connectivity index (χ0) is 19.1. The average Bonchev–Trinajstić information content (AvgIpc) is 3.48. The quantitative estimate of drug-likeness (QED) is 0.802. The molecule has 4 rings (SSSR count). The lowest BCUT2D eigenvalue weighted by Crippen LogP contribution is -2.47. The molecular weight excluding hydrogens is 364 g/mol. The molecule has 0 bridgehead atoms. The molecule has 1 saturated heterocycles. The van der Waals surface area contributed by atoms with Crippen LogP contribution >= 0.6 is 11.6 Å². The molecule has 1 aliphatic carbocycles. The van der Waals surface area contributed by atoms with E-state index in [0.717, 1.165) is 49.2 Å². The van der Waals surface area contributed by atoms with Crippen molar-refractivity contribution < 1.29 is 0 Å². The van der Waals surface area contributed by atoms with Crippen molar-refractivity contribution in [1.82, 2.24) is 19.7 Å². The maximum absolute atomic E-state index is 12.4. The van der Waals surface area contributed by atoms with Crippen LogP contribution in [0.25, 0.3) is 0 Å². The van der Waals surface area contributed by atoms with Gasteiger partial charge in [-0.05, 0) is 33.6 Å². The van der Waals surface area contributed by atoms with Crippen LogP contribution in [0.2, 0.25) is 5.02 Å². The molecule has 0 spiro atoms. The fourth-order valence-electron chi connectivity index (χ4n) is 3.46. The minimum Gasteiger partial charge on any atom is -0.365 e. The van der Waals surface area contributed by atoms with Gasteiger partial charge in [0.25, 0.3) is 5.56 Å². The van der Waals surface area contributed by atoms with Crippen molar-refractivity contribution in [2.24, 2.45) is 0 Å². The number of rotatable bonds is 4. The predicted octanol–water partition coefficient (Wildman–Crippen LogP) is 2.78. The number of hydrogen-bond donors (Lipinski definition) is 0. The fraction of sp³-hybridized carbons (Fsp3) is 0.579. The van der Waals surface area contributed by atoms with Crippen molar-refractivity contribution in [3.63, 3.8) is 0 Å². The van der Waals surface area contributed by atoms with E-state index in [-0.39, 0.29) is 16.6 Å². The largest absolute Gasteiger partial charge is 0.365 e. The molecule has 0 unspecified atom stereocenters. The first-order valence-electron chi connectivity index (χ1n) is 9.57. The van der Waals surface area contributed by atoms with E-state index in [4.69, 9.17) is 16.6 Å². The Labute approximate surface area is 164 Å². The Morgan fingerprint density at radius 2 is 1.78 bits per heavy atom. The molecule has 0 atom stereocenters. The minimum atomic E-state index is -0.230. The first-order chi connectivity index (χ1) is 12.9. The Balaban J connectivity index is 1.50. The Hall–Kier alpha value is -2.15. The summed E-state index contributed by atoms with van der Waals surface area (Å²) in [6, 6.07) is 2.04. The molecule has 8 heteroatoms. The van der Waals surface area contributed by atoms with Crippen molar-refractivity contribution >= 4 is 23.1 Å². The maximum Gasteiger partial charge on any atom is 0.287 e. The third-order valence-corrected chi connectivity index (χ3v) is 5.51. The molecule has 2 aromatic rings. The summed E-state index contributed by atoms with van der Waals surface area (Å²) in [4.78, 5) is 26.2. The summed E-state index contributed by atoms with van der Waals surface area (Å²) in [6.45, 7) is 9.06. The molecule has 7 nitrogen and oxygen atoms in total. The number of anilines is 2. The van der Waals surface area contributed by atoms with Gasteiger partial charge in [0.05, 0.1) is 17.9 Å². The summed E-state index contributed by atoms with van der Waals surface area (Å²) in [5.41, 5.74) is 1.51. The van der Waals surface area contributed by atoms with E-state index >= 15 is 0 Å². The van der Waals surface area contributed by atoms with Crippen LogP contribution in [0.4, 0.5) is 11.5 Å². The molecule has 3 heterocycles. The third-order valence-electron chi connectivity index (χ3n) is 5.16. The molecule has 144 valence electrons. The smallest absolute Gasteiger partial charge is 0.287 e. The summed E-state index contributed by atoms with van der Waals surface area (Å²) in [7, 11) is 0. The molecule has 1 saturated carbocycles. The Morgan fingerprint density at radius 1 is 1.11 bits per heavy atom. The van der Waals surface area contributed by atoms with E-state index < -0.39 is 0 Å². The molecule has 0 radical (unpaired) electrons. The maximum atomic E-state index is 12.4. The standard InChI is InChI=1S/C19H25ClN6O/c1-12(2)26-19(27)17(20)15(11-21-26)24-6-8-25(9-7-24)16-10-13(3)22-18(23-16)14-4-5-14/h10-12,14H,4-9H2,1-3H3. The van der Waals surface area contributed by atoms with Gasteiger partial charge in [-0.1, -0.05) is 11.6 Å². The zero-order valence-corrected chi connectivity index (χ0v) is 16.8. The highest BCUT2D eigenvalue weighted by Gasteiger charge is 2.28. The Bertz CT molecular complexity index is 900. The van der Waals surface area contributed by atoms with Gasteiger partial charge in [0.1, 0.15) is 16.7 Å². The molecule has 0 N–H and O–H groups in total. The van der Waals surface area contributed by atoms with Gasteiger partial charge < -0.3 is 9.80 Å². The second-order valence-corrected chi connectivity index (χ2v) is 8.04. The van der Waals surface area contributed by atoms with Gasteiger partial charge in [0, 0.05) is 43.9 Å². The summed E-state index contributed by atoms with van der Waals surface area (Å²) >= 11 is 6.36. The lowest BCUT2D eigenvalue weighted by molar-refractivity contribution is 0.501. The summed E-state index contributed by atoms with van der Waals surface area (Å²) in [6.07, 6.45) is 4.10. The van der Waals surface area contributed by atoms with Gasteiger partial charge in [0.2, 0.25) is 0 Å². The molecule has 27 heavy (non-hydrogen) atoms. The molecule has 0 aromatic carbocycles. The second kappa shape index (κ2) is 7.11. The number of aromatic nitrogens is 4. The highest BCUT2D eigenvalue weighted by Crippen LogP contribution is 2.38. The average molecular weight is 389 g/mol. The number of aryl methyl sites for hydroxylation is 1. The summed E-state index contributed by atoms with van der Waals surface area (Å²) in [5, 5.41) is 4.54. The van der Waals surface area contributed by atoms with Crippen LogP contribution in [-0.2, 0) is 0 Å². The normalized spacial score (nSPS) is 17.7. The monoisotopic (exact) mass is 388 g/mol. The predicted molar refractivity (Wildman–Crippen MR) is 107 cm³/mol. The number of nitrogens with zero attached hydrogens (tertiary/aromatic N) is 6. The van der Waals surface area contributed by atoms with E-state index in [1.165, 1.54) is 17.5 Å². The van der Waals surface area contributed by atoms with Gasteiger partial charge in [-0.15, -0.1) is 0 Å². The zero-order valence-electron chi connectivity index (χ0n) is 16.0. The lowest BCUT2D eigenvalue weighted by atomic mass is 10.2.